The van der Waals surface area contributed by atoms with Gasteiger partial charge in [-0.1, -0.05) is 34.6 Å². The summed E-state index contributed by atoms with van der Waals surface area (Å²) in [6.45, 7) is 24.0. The van der Waals surface area contributed by atoms with Gasteiger partial charge in [0.05, 0.1) is 46.6 Å². The van der Waals surface area contributed by atoms with Crippen molar-refractivity contribution < 1.29 is 43.0 Å². The van der Waals surface area contributed by atoms with Crippen LogP contribution in [-0.4, -0.2) is 155 Å². The first-order valence-electron chi connectivity index (χ1n) is 25.7. The molecule has 0 bridgehead atoms. The molecule has 3 atom stereocenters. The minimum atomic E-state index is -0.622. The zero-order valence-electron chi connectivity index (χ0n) is 45.5. The van der Waals surface area contributed by atoms with Gasteiger partial charge in [-0.15, -0.1) is 0 Å². The van der Waals surface area contributed by atoms with Crippen molar-refractivity contribution in [1.82, 2.24) is 45.8 Å². The molecule has 4 aromatic heterocycles. The average Bonchev–Trinajstić information content (AvgIpc) is 3.90. The van der Waals surface area contributed by atoms with Crippen LogP contribution in [0.5, 0.6) is 11.5 Å². The second-order valence-electron chi connectivity index (χ2n) is 20.2. The molecule has 20 heteroatoms. The zero-order valence-corrected chi connectivity index (χ0v) is 45.5. The van der Waals surface area contributed by atoms with Crippen LogP contribution in [0.2, 0.25) is 0 Å². The van der Waals surface area contributed by atoms with Crippen molar-refractivity contribution >= 4 is 17.7 Å². The van der Waals surface area contributed by atoms with Gasteiger partial charge in [-0.05, 0) is 120 Å². The van der Waals surface area contributed by atoms with Crippen LogP contribution in [0.25, 0.3) is 45.3 Å². The number of anilines is 2. The van der Waals surface area contributed by atoms with Gasteiger partial charge in [-0.25, -0.2) is 24.7 Å². The topological polar surface area (TPSA) is 241 Å². The molecule has 3 unspecified atom stereocenters. The van der Waals surface area contributed by atoms with Crippen molar-refractivity contribution in [3.05, 3.63) is 82.6 Å². The molecule has 75 heavy (non-hydrogen) atoms. The van der Waals surface area contributed by atoms with Crippen LogP contribution >= 0.6 is 0 Å². The van der Waals surface area contributed by atoms with Gasteiger partial charge in [-0.2, -0.15) is 0 Å². The number of hydrogen-bond donors (Lipinski definition) is 5. The summed E-state index contributed by atoms with van der Waals surface area (Å²) in [4.78, 5) is 36.4. The van der Waals surface area contributed by atoms with E-state index in [0.717, 1.165) is 99.5 Å². The van der Waals surface area contributed by atoms with Crippen LogP contribution in [0.4, 0.5) is 16.4 Å². The minimum absolute atomic E-state index is 0.120. The Morgan fingerprint density at radius 1 is 0.747 bits per heavy atom. The summed E-state index contributed by atoms with van der Waals surface area (Å²) in [6.07, 6.45) is 0.148. The number of piperidine rings is 1. The van der Waals surface area contributed by atoms with Gasteiger partial charge in [0, 0.05) is 67.6 Å². The predicted molar refractivity (Wildman–Crippen MR) is 287 cm³/mol. The average molecular weight is 1030 g/mol. The van der Waals surface area contributed by atoms with E-state index >= 15 is 0 Å². The van der Waals surface area contributed by atoms with Crippen molar-refractivity contribution in [1.29, 1.82) is 0 Å². The van der Waals surface area contributed by atoms with E-state index in [0.29, 0.717) is 61.7 Å². The number of hydrogen-bond acceptors (Lipinski definition) is 19. The second-order valence-corrected chi connectivity index (χ2v) is 20.2. The monoisotopic (exact) mass is 1030 g/mol. The first-order valence-corrected chi connectivity index (χ1v) is 25.7. The Morgan fingerprint density at radius 2 is 1.27 bits per heavy atom. The molecule has 0 radical (unpaired) electrons. The molecule has 2 aliphatic rings. The van der Waals surface area contributed by atoms with Gasteiger partial charge in [0.25, 0.3) is 0 Å². The van der Waals surface area contributed by atoms with Crippen LogP contribution in [-0.2, 0) is 9.47 Å². The SMILES string of the molecule is CNCC(O)COc1cccc(-c2nc(-c3c(C)noc3C)c(C)c(N3CCOC(C)C3)n2)c1.CNCC(O)COc1cccc(-c2nc(NC3CCN(C(=O)OC(C)(C)C)CC3)c(C)c(-c3c(C)noc3C)n2)c1. The molecule has 1 amide bonds. The fraction of sp³-hybridized carbons (Fsp3) is 0.509. The number of aryl methyl sites for hydroxylation is 4. The number of aliphatic hydroxyl groups is 2. The lowest BCUT2D eigenvalue weighted by Gasteiger charge is -2.34. The molecule has 0 spiro atoms. The zero-order chi connectivity index (χ0) is 54.0. The van der Waals surface area contributed by atoms with Crippen LogP contribution in [0.3, 0.4) is 0 Å². The summed E-state index contributed by atoms with van der Waals surface area (Å²) in [5.41, 5.74) is 7.80. The number of aliphatic hydroxyl groups excluding tert-OH is 2. The first kappa shape index (κ1) is 56.0. The largest absolute Gasteiger partial charge is 0.491 e. The van der Waals surface area contributed by atoms with Crippen molar-refractivity contribution in [3.63, 3.8) is 0 Å². The molecule has 404 valence electrons. The summed E-state index contributed by atoms with van der Waals surface area (Å²) in [5, 5.41) is 37.8. The summed E-state index contributed by atoms with van der Waals surface area (Å²) >= 11 is 0. The molecule has 2 aromatic carbocycles. The highest BCUT2D eigenvalue weighted by molar-refractivity contribution is 5.76. The van der Waals surface area contributed by atoms with Crippen LogP contribution in [0.15, 0.2) is 57.6 Å². The molecule has 6 heterocycles. The maximum absolute atomic E-state index is 12.5. The van der Waals surface area contributed by atoms with E-state index in [1.165, 1.54) is 0 Å². The Labute approximate surface area is 439 Å². The maximum atomic E-state index is 12.5. The fourth-order valence-corrected chi connectivity index (χ4v) is 9.02. The minimum Gasteiger partial charge on any atom is -0.491 e. The molecule has 20 nitrogen and oxygen atoms in total. The highest BCUT2D eigenvalue weighted by Gasteiger charge is 2.30. The Bertz CT molecular complexity index is 2820. The van der Waals surface area contributed by atoms with Crippen molar-refractivity contribution in [2.75, 3.05) is 83.4 Å². The number of aromatic nitrogens is 6. The molecule has 6 aromatic rings. The van der Waals surface area contributed by atoms with Crippen LogP contribution in [0.1, 0.15) is 74.6 Å². The van der Waals surface area contributed by atoms with E-state index in [9.17, 15) is 15.0 Å². The number of amides is 1. The summed E-state index contributed by atoms with van der Waals surface area (Å²) in [6, 6.07) is 15.3. The first-order chi connectivity index (χ1) is 35.8. The number of rotatable bonds is 17. The second kappa shape index (κ2) is 25.2. The molecule has 2 saturated heterocycles. The molecular weight excluding hydrogens is 959 g/mol. The summed E-state index contributed by atoms with van der Waals surface area (Å²) in [7, 11) is 3.58. The fourth-order valence-electron chi connectivity index (χ4n) is 9.02. The maximum Gasteiger partial charge on any atom is 0.410 e. The number of benzene rings is 2. The third-order valence-electron chi connectivity index (χ3n) is 12.8. The number of carbonyl (C=O) groups is 1. The third kappa shape index (κ3) is 14.6. The number of nitrogens with one attached hydrogen (secondary N) is 3. The lowest BCUT2D eigenvalue weighted by molar-refractivity contribution is 0.0210. The lowest BCUT2D eigenvalue weighted by atomic mass is 10.0. The van der Waals surface area contributed by atoms with Gasteiger partial charge in [0.15, 0.2) is 11.6 Å². The Balaban J connectivity index is 0.000000222. The van der Waals surface area contributed by atoms with E-state index in [1.807, 2.05) is 111 Å². The van der Waals surface area contributed by atoms with Gasteiger partial charge in [0.1, 0.15) is 65.7 Å². The summed E-state index contributed by atoms with van der Waals surface area (Å²) in [5.74, 6) is 5.39. The number of carbonyl (C=O) groups excluding carboxylic acids is 1. The van der Waals surface area contributed by atoms with E-state index in [4.69, 9.17) is 47.9 Å². The van der Waals surface area contributed by atoms with Gasteiger partial charge >= 0.3 is 6.09 Å². The lowest BCUT2D eigenvalue weighted by Crippen LogP contribution is -2.44. The molecular formula is C55H75N11O9. The number of likely N-dealkylation sites (tertiary alicyclic amines) is 1. The van der Waals surface area contributed by atoms with Crippen molar-refractivity contribution in [3.8, 4) is 56.8 Å². The van der Waals surface area contributed by atoms with Gasteiger partial charge in [0.2, 0.25) is 0 Å². The Morgan fingerprint density at radius 3 is 1.75 bits per heavy atom. The molecule has 0 aliphatic carbocycles. The standard InChI is InChI=1S/C30H42N6O5.C25H33N5O4/c1-18-26(25-19(2)35-41-20(25)3)33-28(21-9-8-10-24(15-21)39-17-23(37)16-31-7)34-27(18)32-22-11-13-36(14-12-22)29(38)40-30(4,5)6;1-15-13-30(9-10-32-15)25-16(2)23(22-17(3)29-34-18(22)4)27-24(28-25)19-7-6-8-21(11-19)33-14-20(31)12-26-5/h8-10,15,22-23,31,37H,11-14,16-17H2,1-7H3,(H,32,33,34);6-8,11,15,20,26,31H,9-10,12-14H2,1-5H3. The predicted octanol–water partition coefficient (Wildman–Crippen LogP) is 7.40. The molecule has 2 aliphatic heterocycles. The normalized spacial score (nSPS) is 16.0. The van der Waals surface area contributed by atoms with E-state index in [-0.39, 0.29) is 31.5 Å². The van der Waals surface area contributed by atoms with Crippen molar-refractivity contribution in [2.24, 2.45) is 0 Å². The number of morpholine rings is 1. The van der Waals surface area contributed by atoms with Gasteiger partial charge < -0.3 is 64.0 Å². The molecule has 8 rings (SSSR count). The molecule has 2 fully saturated rings. The van der Waals surface area contributed by atoms with E-state index in [1.54, 1.807) is 19.0 Å². The quantitative estimate of drug-likeness (QED) is 0.0598. The number of likely N-dealkylation sites (N-methyl/N-ethyl adjacent to an activating group) is 2. The smallest absolute Gasteiger partial charge is 0.410 e. The Hall–Kier alpha value is -6.71. The highest BCUT2D eigenvalue weighted by Crippen LogP contribution is 2.37. The third-order valence-corrected chi connectivity index (χ3v) is 12.8. The van der Waals surface area contributed by atoms with Crippen LogP contribution in [0, 0.1) is 41.5 Å². The van der Waals surface area contributed by atoms with E-state index in [2.05, 4.69) is 38.1 Å². The number of ether oxygens (including phenoxy) is 4. The van der Waals surface area contributed by atoms with Gasteiger partial charge in [-0.3, -0.25) is 0 Å². The van der Waals surface area contributed by atoms with E-state index < -0.39 is 17.8 Å². The Kier molecular flexibility index (Phi) is 18.8. The highest BCUT2D eigenvalue weighted by atomic mass is 16.6. The molecule has 0 saturated carbocycles. The number of nitrogens with zero attached hydrogens (tertiary/aromatic N) is 8. The molecule has 5 N–H and O–H groups in total. The van der Waals surface area contributed by atoms with Crippen molar-refractivity contribution in [2.45, 2.75) is 112 Å². The summed E-state index contributed by atoms with van der Waals surface area (Å²) < 4.78 is 33.9. The van der Waals surface area contributed by atoms with Crippen LogP contribution < -0.4 is 30.3 Å².